The highest BCUT2D eigenvalue weighted by Gasteiger charge is 2.22. The fourth-order valence-corrected chi connectivity index (χ4v) is 2.35. The van der Waals surface area contributed by atoms with Crippen LogP contribution in [0.1, 0.15) is 12.8 Å². The average Bonchev–Trinajstić information content (AvgIpc) is 2.84. The fraction of sp³-hybridized carbons (Fsp3) is 0.333. The van der Waals surface area contributed by atoms with Gasteiger partial charge in [0.2, 0.25) is 11.9 Å². The van der Waals surface area contributed by atoms with E-state index in [9.17, 15) is 9.18 Å². The molecule has 1 aromatic heterocycles. The Labute approximate surface area is 103 Å². The first-order chi connectivity index (χ1) is 8.63. The minimum atomic E-state index is -0.332. The molecule has 1 unspecified atom stereocenters. The molecule has 2 aromatic rings. The largest absolute Gasteiger partial charge is 0.369 e. The highest BCUT2D eigenvalue weighted by molar-refractivity contribution is 5.79. The minimum absolute atomic E-state index is 0.0639. The van der Waals surface area contributed by atoms with E-state index in [0.717, 1.165) is 11.9 Å². The lowest BCUT2D eigenvalue weighted by molar-refractivity contribution is -0.119. The van der Waals surface area contributed by atoms with E-state index >= 15 is 0 Å². The zero-order valence-electron chi connectivity index (χ0n) is 9.69. The van der Waals surface area contributed by atoms with E-state index in [1.165, 1.54) is 12.1 Å². The molecule has 1 fully saturated rings. The van der Waals surface area contributed by atoms with E-state index in [4.69, 9.17) is 5.73 Å². The van der Waals surface area contributed by atoms with Gasteiger partial charge in [0.05, 0.1) is 11.0 Å². The highest BCUT2D eigenvalue weighted by Crippen LogP contribution is 2.20. The summed E-state index contributed by atoms with van der Waals surface area (Å²) < 4.78 is 14.9. The summed E-state index contributed by atoms with van der Waals surface area (Å²) >= 11 is 0. The van der Waals surface area contributed by atoms with E-state index in [2.05, 4.69) is 10.3 Å². The van der Waals surface area contributed by atoms with Crippen molar-refractivity contribution in [2.45, 2.75) is 25.4 Å². The molecule has 0 saturated carbocycles. The number of aromatic nitrogens is 2. The quantitative estimate of drug-likeness (QED) is 0.833. The second kappa shape index (κ2) is 3.97. The molecule has 94 valence electrons. The van der Waals surface area contributed by atoms with Crippen LogP contribution in [0.15, 0.2) is 18.2 Å². The van der Waals surface area contributed by atoms with Crippen molar-refractivity contribution in [2.75, 3.05) is 5.73 Å². The summed E-state index contributed by atoms with van der Waals surface area (Å²) in [6, 6.07) is 4.47. The SMILES string of the molecule is Nc1nc2cc(F)ccc2n1CC1CCC(=O)N1. The number of hydrogen-bond donors (Lipinski definition) is 2. The lowest BCUT2D eigenvalue weighted by Crippen LogP contribution is -2.29. The van der Waals surface area contributed by atoms with E-state index in [1.54, 1.807) is 6.07 Å². The van der Waals surface area contributed by atoms with Crippen molar-refractivity contribution in [1.29, 1.82) is 0 Å². The Bertz CT molecular complexity index is 622. The van der Waals surface area contributed by atoms with Gasteiger partial charge in [0, 0.05) is 25.1 Å². The van der Waals surface area contributed by atoms with Crippen LogP contribution in [0.25, 0.3) is 11.0 Å². The molecular formula is C12H13FN4O. The van der Waals surface area contributed by atoms with Crippen LogP contribution >= 0.6 is 0 Å². The maximum absolute atomic E-state index is 13.1. The molecule has 0 spiro atoms. The standard InChI is InChI=1S/C12H13FN4O/c13-7-1-3-10-9(5-7)16-12(14)17(10)6-8-2-4-11(18)15-8/h1,3,5,8H,2,4,6H2,(H2,14,16)(H,15,18). The number of amides is 1. The first-order valence-electron chi connectivity index (χ1n) is 5.84. The molecule has 2 heterocycles. The molecule has 1 amide bonds. The molecule has 6 heteroatoms. The summed E-state index contributed by atoms with van der Waals surface area (Å²) in [5, 5.41) is 2.88. The summed E-state index contributed by atoms with van der Waals surface area (Å²) in [6.07, 6.45) is 1.34. The van der Waals surface area contributed by atoms with E-state index < -0.39 is 0 Å². The number of nitrogen functional groups attached to an aromatic ring is 1. The average molecular weight is 248 g/mol. The first kappa shape index (κ1) is 11.0. The van der Waals surface area contributed by atoms with Crippen molar-refractivity contribution in [3.05, 3.63) is 24.0 Å². The molecule has 1 atom stereocenters. The Hall–Kier alpha value is -2.11. The number of nitrogens with two attached hydrogens (primary N) is 1. The zero-order valence-corrected chi connectivity index (χ0v) is 9.69. The van der Waals surface area contributed by atoms with Crippen molar-refractivity contribution < 1.29 is 9.18 Å². The molecule has 18 heavy (non-hydrogen) atoms. The Morgan fingerprint density at radius 3 is 3.11 bits per heavy atom. The minimum Gasteiger partial charge on any atom is -0.369 e. The van der Waals surface area contributed by atoms with Gasteiger partial charge in [0.25, 0.3) is 0 Å². The van der Waals surface area contributed by atoms with Gasteiger partial charge in [-0.1, -0.05) is 0 Å². The number of carbonyl (C=O) groups excluding carboxylic acids is 1. The lowest BCUT2D eigenvalue weighted by atomic mass is 10.2. The Balaban J connectivity index is 1.96. The molecule has 1 aliphatic rings. The number of halogens is 1. The van der Waals surface area contributed by atoms with Crippen LogP contribution in [0.5, 0.6) is 0 Å². The molecule has 5 nitrogen and oxygen atoms in total. The summed E-state index contributed by atoms with van der Waals surface area (Å²) in [5.41, 5.74) is 7.16. The molecule has 1 aliphatic heterocycles. The van der Waals surface area contributed by atoms with Crippen LogP contribution in [0, 0.1) is 5.82 Å². The van der Waals surface area contributed by atoms with Crippen molar-refractivity contribution in [2.24, 2.45) is 0 Å². The summed E-state index contributed by atoms with van der Waals surface area (Å²) in [4.78, 5) is 15.3. The van der Waals surface area contributed by atoms with Crippen LogP contribution in [-0.4, -0.2) is 21.5 Å². The fourth-order valence-electron chi connectivity index (χ4n) is 2.35. The smallest absolute Gasteiger partial charge is 0.220 e. The van der Waals surface area contributed by atoms with Crippen molar-refractivity contribution in [1.82, 2.24) is 14.9 Å². The van der Waals surface area contributed by atoms with Crippen LogP contribution in [-0.2, 0) is 11.3 Å². The number of nitrogens with one attached hydrogen (secondary N) is 1. The molecule has 0 radical (unpaired) electrons. The van der Waals surface area contributed by atoms with Gasteiger partial charge in [-0.3, -0.25) is 4.79 Å². The van der Waals surface area contributed by atoms with Gasteiger partial charge in [-0.05, 0) is 18.6 Å². The summed E-state index contributed by atoms with van der Waals surface area (Å²) in [6.45, 7) is 0.569. The number of anilines is 1. The van der Waals surface area contributed by atoms with E-state index in [-0.39, 0.29) is 17.8 Å². The van der Waals surface area contributed by atoms with E-state index in [1.807, 2.05) is 4.57 Å². The molecule has 0 aliphatic carbocycles. The van der Waals surface area contributed by atoms with Gasteiger partial charge in [-0.25, -0.2) is 9.37 Å². The number of nitrogens with zero attached hydrogens (tertiary/aromatic N) is 2. The third kappa shape index (κ3) is 1.79. The molecule has 1 aromatic carbocycles. The van der Waals surface area contributed by atoms with Gasteiger partial charge in [0.1, 0.15) is 5.82 Å². The molecule has 3 N–H and O–H groups in total. The van der Waals surface area contributed by atoms with Gasteiger partial charge in [0.15, 0.2) is 0 Å². The van der Waals surface area contributed by atoms with Crippen LogP contribution in [0.4, 0.5) is 10.3 Å². The summed E-state index contributed by atoms with van der Waals surface area (Å²) in [7, 11) is 0. The van der Waals surface area contributed by atoms with Gasteiger partial charge in [-0.2, -0.15) is 0 Å². The van der Waals surface area contributed by atoms with Crippen molar-refractivity contribution in [3.63, 3.8) is 0 Å². The maximum Gasteiger partial charge on any atom is 0.220 e. The van der Waals surface area contributed by atoms with Crippen LogP contribution in [0.3, 0.4) is 0 Å². The van der Waals surface area contributed by atoms with Crippen molar-refractivity contribution >= 4 is 22.9 Å². The number of benzene rings is 1. The normalized spacial score (nSPS) is 19.4. The molecular weight excluding hydrogens is 235 g/mol. The zero-order chi connectivity index (χ0) is 12.7. The second-order valence-electron chi connectivity index (χ2n) is 4.52. The van der Waals surface area contributed by atoms with Crippen LogP contribution in [0.2, 0.25) is 0 Å². The summed E-state index contributed by atoms with van der Waals surface area (Å²) in [5.74, 6) is 0.0760. The molecule has 0 bridgehead atoms. The first-order valence-corrected chi connectivity index (χ1v) is 5.84. The lowest BCUT2D eigenvalue weighted by Gasteiger charge is -2.12. The third-order valence-corrected chi connectivity index (χ3v) is 3.23. The second-order valence-corrected chi connectivity index (χ2v) is 4.52. The van der Waals surface area contributed by atoms with Gasteiger partial charge in [-0.15, -0.1) is 0 Å². The van der Waals surface area contributed by atoms with Crippen LogP contribution < -0.4 is 11.1 Å². The molecule has 3 rings (SSSR count). The van der Waals surface area contributed by atoms with Crippen molar-refractivity contribution in [3.8, 4) is 0 Å². The Morgan fingerprint density at radius 2 is 2.39 bits per heavy atom. The Kier molecular flexibility index (Phi) is 2.43. The monoisotopic (exact) mass is 248 g/mol. The number of imidazole rings is 1. The Morgan fingerprint density at radius 1 is 1.56 bits per heavy atom. The highest BCUT2D eigenvalue weighted by atomic mass is 19.1. The van der Waals surface area contributed by atoms with E-state index in [0.29, 0.717) is 24.4 Å². The third-order valence-electron chi connectivity index (χ3n) is 3.23. The number of rotatable bonds is 2. The van der Waals surface area contributed by atoms with Gasteiger partial charge >= 0.3 is 0 Å². The number of fused-ring (bicyclic) bond motifs is 1. The number of hydrogen-bond acceptors (Lipinski definition) is 3. The predicted molar refractivity (Wildman–Crippen MR) is 65.3 cm³/mol. The number of carbonyl (C=O) groups is 1. The molecule has 1 saturated heterocycles. The van der Waals surface area contributed by atoms with Gasteiger partial charge < -0.3 is 15.6 Å². The predicted octanol–water partition coefficient (Wildman–Crippen LogP) is 1.04. The maximum atomic E-state index is 13.1. The topological polar surface area (TPSA) is 72.9 Å².